The maximum Gasteiger partial charge on any atom is 0.142 e. The fraction of sp³-hybridized carbons (Fsp3) is 0.0769. The lowest BCUT2D eigenvalue weighted by Crippen LogP contribution is -2.03. The Hall–Kier alpha value is -4.17. The zero-order valence-electron chi connectivity index (χ0n) is 17.0. The summed E-state index contributed by atoms with van der Waals surface area (Å²) in [6.07, 6.45) is 0. The number of benzene rings is 3. The molecule has 3 aromatic carbocycles. The van der Waals surface area contributed by atoms with Crippen LogP contribution >= 0.6 is 0 Å². The van der Waals surface area contributed by atoms with Crippen molar-refractivity contribution in [1.82, 2.24) is 4.98 Å². The van der Waals surface area contributed by atoms with Gasteiger partial charge in [-0.2, -0.15) is 5.26 Å². The minimum atomic E-state index is -0.327. The van der Waals surface area contributed by atoms with Gasteiger partial charge in [0.15, 0.2) is 0 Å². The van der Waals surface area contributed by atoms with Crippen molar-refractivity contribution in [2.24, 2.45) is 0 Å². The van der Waals surface area contributed by atoms with E-state index < -0.39 is 0 Å². The molecule has 4 rings (SSSR count). The number of nitrogen functional groups attached to an aromatic ring is 1. The minimum absolute atomic E-state index is 0.137. The Kier molecular flexibility index (Phi) is 5.63. The van der Waals surface area contributed by atoms with Crippen LogP contribution in [0.5, 0.6) is 5.75 Å². The zero-order chi connectivity index (χ0) is 21.8. The van der Waals surface area contributed by atoms with E-state index in [-0.39, 0.29) is 11.6 Å². The highest BCUT2D eigenvalue weighted by Gasteiger charge is 2.18. The molecule has 0 radical (unpaired) electrons. The first kappa shape index (κ1) is 20.1. The van der Waals surface area contributed by atoms with Crippen molar-refractivity contribution in [3.05, 3.63) is 101 Å². The van der Waals surface area contributed by atoms with E-state index >= 15 is 0 Å². The van der Waals surface area contributed by atoms with Crippen LogP contribution in [0.25, 0.3) is 22.4 Å². The van der Waals surface area contributed by atoms with Gasteiger partial charge < -0.3 is 10.5 Å². The van der Waals surface area contributed by atoms with Gasteiger partial charge in [-0.05, 0) is 60.0 Å². The van der Waals surface area contributed by atoms with Gasteiger partial charge in [0.2, 0.25) is 0 Å². The van der Waals surface area contributed by atoms with Crippen molar-refractivity contribution < 1.29 is 9.13 Å². The summed E-state index contributed by atoms with van der Waals surface area (Å²) in [5.74, 6) is 0.493. The zero-order valence-corrected chi connectivity index (χ0v) is 17.0. The first-order valence-corrected chi connectivity index (χ1v) is 9.80. The number of pyridine rings is 1. The number of anilines is 1. The topological polar surface area (TPSA) is 71.9 Å². The molecule has 0 amide bonds. The molecule has 1 aromatic heterocycles. The predicted molar refractivity (Wildman–Crippen MR) is 120 cm³/mol. The fourth-order valence-corrected chi connectivity index (χ4v) is 3.54. The van der Waals surface area contributed by atoms with Crippen molar-refractivity contribution in [2.75, 3.05) is 5.73 Å². The van der Waals surface area contributed by atoms with Gasteiger partial charge in [0, 0.05) is 11.1 Å². The molecule has 0 saturated carbocycles. The molecule has 0 aliphatic rings. The molecular formula is C26H20FN3O. The van der Waals surface area contributed by atoms with Crippen molar-refractivity contribution in [3.8, 4) is 34.2 Å². The molecule has 0 spiro atoms. The molecule has 0 unspecified atom stereocenters. The number of rotatable bonds is 5. The Morgan fingerprint density at radius 3 is 2.42 bits per heavy atom. The summed E-state index contributed by atoms with van der Waals surface area (Å²) in [5.41, 5.74) is 11.1. The van der Waals surface area contributed by atoms with E-state index in [0.717, 1.165) is 22.3 Å². The van der Waals surface area contributed by atoms with E-state index in [1.54, 1.807) is 12.1 Å². The average Bonchev–Trinajstić information content (AvgIpc) is 2.80. The largest absolute Gasteiger partial charge is 0.489 e. The third-order valence-corrected chi connectivity index (χ3v) is 5.07. The maximum absolute atomic E-state index is 13.4. The Morgan fingerprint density at radius 1 is 0.968 bits per heavy atom. The molecule has 0 atom stereocenters. The lowest BCUT2D eigenvalue weighted by atomic mass is 9.92. The highest BCUT2D eigenvalue weighted by molar-refractivity contribution is 5.84. The lowest BCUT2D eigenvalue weighted by Gasteiger charge is -2.16. The van der Waals surface area contributed by atoms with Crippen LogP contribution in [0.4, 0.5) is 10.2 Å². The normalized spacial score (nSPS) is 10.5. The Morgan fingerprint density at radius 2 is 1.71 bits per heavy atom. The minimum Gasteiger partial charge on any atom is -0.489 e. The van der Waals surface area contributed by atoms with Crippen LogP contribution in [0.1, 0.15) is 16.7 Å². The molecule has 1 heterocycles. The van der Waals surface area contributed by atoms with Crippen molar-refractivity contribution >= 4 is 5.82 Å². The molecule has 4 aromatic rings. The number of halogens is 1. The molecule has 0 aliphatic heterocycles. The molecule has 2 N–H and O–H groups in total. The van der Waals surface area contributed by atoms with Crippen LogP contribution in [0, 0.1) is 24.1 Å². The molecule has 0 aliphatic carbocycles. The first-order valence-electron chi connectivity index (χ1n) is 9.80. The standard InChI is InChI=1S/C26H20FN3O/c1-17-24(20-8-5-9-22(14-20)31-16-18-6-3-2-4-7-18)23(15-28)26(29)30-25(17)19-10-12-21(27)13-11-19/h2-14H,16H2,1H3,(H2,29,30). The predicted octanol–water partition coefficient (Wildman–Crippen LogP) is 5.90. The number of hydrogen-bond donors (Lipinski definition) is 1. The smallest absolute Gasteiger partial charge is 0.142 e. The number of hydrogen-bond acceptors (Lipinski definition) is 4. The molecule has 0 bridgehead atoms. The second-order valence-corrected chi connectivity index (χ2v) is 7.14. The molecule has 4 nitrogen and oxygen atoms in total. The molecule has 0 saturated heterocycles. The van der Waals surface area contributed by atoms with Gasteiger partial charge in [-0.3, -0.25) is 0 Å². The SMILES string of the molecule is Cc1c(-c2ccc(F)cc2)nc(N)c(C#N)c1-c1cccc(OCc2ccccc2)c1. The summed E-state index contributed by atoms with van der Waals surface area (Å²) < 4.78 is 19.3. The van der Waals surface area contributed by atoms with Gasteiger partial charge in [-0.1, -0.05) is 42.5 Å². The van der Waals surface area contributed by atoms with Crippen LogP contribution in [0.2, 0.25) is 0 Å². The first-order chi connectivity index (χ1) is 15.1. The number of ether oxygens (including phenoxy) is 1. The van der Waals surface area contributed by atoms with Gasteiger partial charge in [-0.15, -0.1) is 0 Å². The molecule has 5 heteroatoms. The Labute approximate surface area is 180 Å². The fourth-order valence-electron chi connectivity index (χ4n) is 3.54. The highest BCUT2D eigenvalue weighted by atomic mass is 19.1. The van der Waals surface area contributed by atoms with E-state index in [4.69, 9.17) is 10.5 Å². The molecule has 31 heavy (non-hydrogen) atoms. The number of nitrogens with zero attached hydrogens (tertiary/aromatic N) is 2. The lowest BCUT2D eigenvalue weighted by molar-refractivity contribution is 0.306. The number of nitrogens with two attached hydrogens (primary N) is 1. The summed E-state index contributed by atoms with van der Waals surface area (Å²) in [6.45, 7) is 2.33. The second-order valence-electron chi connectivity index (χ2n) is 7.14. The van der Waals surface area contributed by atoms with E-state index in [2.05, 4.69) is 11.1 Å². The van der Waals surface area contributed by atoms with E-state index in [9.17, 15) is 9.65 Å². The van der Waals surface area contributed by atoms with Crippen LogP contribution < -0.4 is 10.5 Å². The second kappa shape index (κ2) is 8.68. The number of nitriles is 1. The summed E-state index contributed by atoms with van der Waals surface area (Å²) in [4.78, 5) is 4.43. The summed E-state index contributed by atoms with van der Waals surface area (Å²) in [5, 5.41) is 9.75. The van der Waals surface area contributed by atoms with Crippen LogP contribution in [0.3, 0.4) is 0 Å². The van der Waals surface area contributed by atoms with Crippen LogP contribution in [-0.2, 0) is 6.61 Å². The maximum atomic E-state index is 13.4. The molecular weight excluding hydrogens is 389 g/mol. The number of aromatic nitrogens is 1. The van der Waals surface area contributed by atoms with Crippen molar-refractivity contribution in [2.45, 2.75) is 13.5 Å². The van der Waals surface area contributed by atoms with Crippen molar-refractivity contribution in [1.29, 1.82) is 5.26 Å². The van der Waals surface area contributed by atoms with E-state index in [1.165, 1.54) is 12.1 Å². The van der Waals surface area contributed by atoms with Crippen LogP contribution in [0.15, 0.2) is 78.9 Å². The Balaban J connectivity index is 1.76. The van der Waals surface area contributed by atoms with Gasteiger partial charge >= 0.3 is 0 Å². The molecule has 152 valence electrons. The summed E-state index contributed by atoms with van der Waals surface area (Å²) >= 11 is 0. The van der Waals surface area contributed by atoms with E-state index in [0.29, 0.717) is 29.2 Å². The average molecular weight is 409 g/mol. The molecule has 0 fully saturated rings. The van der Waals surface area contributed by atoms with Gasteiger partial charge in [0.05, 0.1) is 5.69 Å². The van der Waals surface area contributed by atoms with Crippen LogP contribution in [-0.4, -0.2) is 4.98 Å². The highest BCUT2D eigenvalue weighted by Crippen LogP contribution is 2.37. The summed E-state index contributed by atoms with van der Waals surface area (Å²) in [6, 6.07) is 25.7. The van der Waals surface area contributed by atoms with E-state index in [1.807, 2.05) is 61.5 Å². The van der Waals surface area contributed by atoms with Gasteiger partial charge in [0.25, 0.3) is 0 Å². The quantitative estimate of drug-likeness (QED) is 0.446. The van der Waals surface area contributed by atoms with Gasteiger partial charge in [-0.25, -0.2) is 9.37 Å². The monoisotopic (exact) mass is 409 g/mol. The summed E-state index contributed by atoms with van der Waals surface area (Å²) in [7, 11) is 0. The third-order valence-electron chi connectivity index (χ3n) is 5.07. The van der Waals surface area contributed by atoms with Crippen molar-refractivity contribution in [3.63, 3.8) is 0 Å². The Bertz CT molecular complexity index is 1260. The van der Waals surface area contributed by atoms with Gasteiger partial charge in [0.1, 0.15) is 35.6 Å². The third kappa shape index (κ3) is 4.24.